The molecule has 35 heavy (non-hydrogen) atoms. The van der Waals surface area contributed by atoms with E-state index in [2.05, 4.69) is 25.9 Å². The van der Waals surface area contributed by atoms with E-state index >= 15 is 0 Å². The molecule has 1 aromatic heterocycles. The zero-order valence-electron chi connectivity index (χ0n) is 18.5. The lowest BCUT2D eigenvalue weighted by molar-refractivity contribution is -0.137. The van der Waals surface area contributed by atoms with Crippen molar-refractivity contribution in [3.63, 3.8) is 0 Å². The molecule has 8 nitrogen and oxygen atoms in total. The summed E-state index contributed by atoms with van der Waals surface area (Å²) in [6.07, 6.45) is -2.34. The smallest absolute Gasteiger partial charge is 0.416 e. The molecule has 3 atom stereocenters. The standard InChI is InChI=1S/C24H22F3N5O3/c1-35-17-9-5-15(6-10-17)20(14-3-7-16(8-4-14)24(25,26)27)32-23(34)18-13-19(33)31-22(30-18)21-28-11-2-12-29-21/h2-12,18,20,22,30H,13H2,1H3,(H,31,33)(H,32,34). The Morgan fingerprint density at radius 2 is 1.66 bits per heavy atom. The topological polar surface area (TPSA) is 105 Å². The van der Waals surface area contributed by atoms with E-state index in [1.54, 1.807) is 30.3 Å². The Hall–Kier alpha value is -3.99. The molecule has 182 valence electrons. The molecule has 1 aliphatic rings. The molecule has 1 aliphatic heterocycles. The van der Waals surface area contributed by atoms with Gasteiger partial charge in [-0.05, 0) is 41.5 Å². The molecule has 1 saturated heterocycles. The lowest BCUT2D eigenvalue weighted by atomic mass is 9.96. The number of nitrogens with one attached hydrogen (secondary N) is 3. The van der Waals surface area contributed by atoms with Crippen LogP contribution in [0.5, 0.6) is 5.75 Å². The van der Waals surface area contributed by atoms with Crippen molar-refractivity contribution in [3.05, 3.63) is 89.5 Å². The van der Waals surface area contributed by atoms with E-state index in [0.29, 0.717) is 22.7 Å². The lowest BCUT2D eigenvalue weighted by Gasteiger charge is -2.31. The van der Waals surface area contributed by atoms with Gasteiger partial charge in [-0.2, -0.15) is 13.2 Å². The van der Waals surface area contributed by atoms with Crippen LogP contribution in [-0.2, 0) is 15.8 Å². The molecule has 0 spiro atoms. The minimum atomic E-state index is -4.48. The first-order chi connectivity index (χ1) is 16.7. The summed E-state index contributed by atoms with van der Waals surface area (Å²) >= 11 is 0. The first-order valence-electron chi connectivity index (χ1n) is 10.7. The Bertz CT molecular complexity index is 1170. The van der Waals surface area contributed by atoms with Crippen molar-refractivity contribution in [2.24, 2.45) is 0 Å². The SMILES string of the molecule is COc1ccc(C(NC(=O)C2CC(=O)NC(c3ncccn3)N2)c2ccc(C(F)(F)F)cc2)cc1. The Morgan fingerprint density at radius 3 is 2.23 bits per heavy atom. The molecule has 0 saturated carbocycles. The minimum Gasteiger partial charge on any atom is -0.497 e. The summed E-state index contributed by atoms with van der Waals surface area (Å²) in [7, 11) is 1.51. The van der Waals surface area contributed by atoms with Gasteiger partial charge in [0, 0.05) is 12.4 Å². The number of carbonyl (C=O) groups excluding carboxylic acids is 2. The Balaban J connectivity index is 1.59. The van der Waals surface area contributed by atoms with E-state index in [9.17, 15) is 22.8 Å². The Kier molecular flexibility index (Phi) is 6.97. The molecule has 3 N–H and O–H groups in total. The second kappa shape index (κ2) is 10.1. The number of rotatable bonds is 6. The summed E-state index contributed by atoms with van der Waals surface area (Å²) in [5.74, 6) is 0.0220. The third kappa shape index (κ3) is 5.75. The third-order valence-corrected chi connectivity index (χ3v) is 5.53. The second-order valence-corrected chi connectivity index (χ2v) is 7.87. The van der Waals surface area contributed by atoms with E-state index in [0.717, 1.165) is 12.1 Å². The van der Waals surface area contributed by atoms with Crippen LogP contribution in [0.15, 0.2) is 67.0 Å². The van der Waals surface area contributed by atoms with Crippen molar-refractivity contribution in [3.8, 4) is 5.75 Å². The van der Waals surface area contributed by atoms with Gasteiger partial charge in [-0.15, -0.1) is 0 Å². The number of nitrogens with zero attached hydrogens (tertiary/aromatic N) is 2. The predicted octanol–water partition coefficient (Wildman–Crippen LogP) is 2.89. The number of halogens is 3. The average molecular weight is 485 g/mol. The fourth-order valence-electron chi connectivity index (χ4n) is 3.74. The number of methoxy groups -OCH3 is 1. The molecule has 0 aliphatic carbocycles. The highest BCUT2D eigenvalue weighted by molar-refractivity contribution is 5.90. The van der Waals surface area contributed by atoms with Crippen LogP contribution in [0.4, 0.5) is 13.2 Å². The van der Waals surface area contributed by atoms with Crippen LogP contribution in [0.25, 0.3) is 0 Å². The van der Waals surface area contributed by atoms with Crippen LogP contribution < -0.4 is 20.7 Å². The van der Waals surface area contributed by atoms with Crippen LogP contribution in [-0.4, -0.2) is 34.9 Å². The molecular weight excluding hydrogens is 463 g/mol. The van der Waals surface area contributed by atoms with Crippen LogP contribution in [0.3, 0.4) is 0 Å². The highest BCUT2D eigenvalue weighted by atomic mass is 19.4. The lowest BCUT2D eigenvalue weighted by Crippen LogP contribution is -2.57. The van der Waals surface area contributed by atoms with Crippen molar-refractivity contribution >= 4 is 11.8 Å². The number of aromatic nitrogens is 2. The van der Waals surface area contributed by atoms with Gasteiger partial charge in [0.05, 0.1) is 31.2 Å². The van der Waals surface area contributed by atoms with Gasteiger partial charge in [-0.25, -0.2) is 9.97 Å². The average Bonchev–Trinajstić information content (AvgIpc) is 2.87. The summed E-state index contributed by atoms with van der Waals surface area (Å²) < 4.78 is 44.3. The molecular formula is C24H22F3N5O3. The van der Waals surface area contributed by atoms with E-state index < -0.39 is 35.9 Å². The summed E-state index contributed by atoms with van der Waals surface area (Å²) in [5.41, 5.74) is 0.277. The molecule has 11 heteroatoms. The van der Waals surface area contributed by atoms with Crippen molar-refractivity contribution in [1.82, 2.24) is 25.9 Å². The molecule has 2 heterocycles. The van der Waals surface area contributed by atoms with E-state index in [-0.39, 0.29) is 12.3 Å². The molecule has 3 aromatic rings. The van der Waals surface area contributed by atoms with Crippen LogP contribution in [0, 0.1) is 0 Å². The van der Waals surface area contributed by atoms with Gasteiger partial charge in [0.2, 0.25) is 11.8 Å². The maximum Gasteiger partial charge on any atom is 0.416 e. The first kappa shape index (κ1) is 24.1. The Morgan fingerprint density at radius 1 is 1.06 bits per heavy atom. The number of hydrogen-bond acceptors (Lipinski definition) is 6. The van der Waals surface area contributed by atoms with Crippen molar-refractivity contribution in [2.75, 3.05) is 7.11 Å². The van der Waals surface area contributed by atoms with Crippen molar-refractivity contribution < 1.29 is 27.5 Å². The third-order valence-electron chi connectivity index (χ3n) is 5.53. The number of alkyl halides is 3. The zero-order valence-corrected chi connectivity index (χ0v) is 18.5. The predicted molar refractivity (Wildman–Crippen MR) is 119 cm³/mol. The highest BCUT2D eigenvalue weighted by Crippen LogP contribution is 2.31. The van der Waals surface area contributed by atoms with Gasteiger partial charge in [-0.3, -0.25) is 14.9 Å². The highest BCUT2D eigenvalue weighted by Gasteiger charge is 2.34. The fourth-order valence-corrected chi connectivity index (χ4v) is 3.74. The van der Waals surface area contributed by atoms with E-state index in [1.807, 2.05) is 0 Å². The number of hydrogen-bond donors (Lipinski definition) is 3. The van der Waals surface area contributed by atoms with Gasteiger partial charge < -0.3 is 15.4 Å². The zero-order chi connectivity index (χ0) is 25.0. The molecule has 4 rings (SSSR count). The van der Waals surface area contributed by atoms with Crippen molar-refractivity contribution in [1.29, 1.82) is 0 Å². The van der Waals surface area contributed by atoms with Gasteiger partial charge in [-0.1, -0.05) is 24.3 Å². The van der Waals surface area contributed by atoms with E-state index in [1.165, 1.54) is 31.6 Å². The molecule has 2 amide bonds. The summed E-state index contributed by atoms with van der Waals surface area (Å²) in [5, 5.41) is 8.57. The molecule has 3 unspecified atom stereocenters. The van der Waals surface area contributed by atoms with Crippen LogP contribution in [0.2, 0.25) is 0 Å². The van der Waals surface area contributed by atoms with Crippen LogP contribution in [0.1, 0.15) is 41.1 Å². The number of amides is 2. The maximum atomic E-state index is 13.2. The largest absolute Gasteiger partial charge is 0.497 e. The van der Waals surface area contributed by atoms with Gasteiger partial charge in [0.1, 0.15) is 11.9 Å². The maximum absolute atomic E-state index is 13.2. The quantitative estimate of drug-likeness (QED) is 0.496. The normalized spacial score (nSPS) is 18.9. The van der Waals surface area contributed by atoms with Gasteiger partial charge >= 0.3 is 6.18 Å². The molecule has 1 fully saturated rings. The van der Waals surface area contributed by atoms with Gasteiger partial charge in [0.15, 0.2) is 5.82 Å². The number of benzene rings is 2. The summed E-state index contributed by atoms with van der Waals surface area (Å²) in [6.45, 7) is 0. The molecule has 0 radical (unpaired) electrons. The number of carbonyl (C=O) groups is 2. The summed E-state index contributed by atoms with van der Waals surface area (Å²) in [4.78, 5) is 33.7. The van der Waals surface area contributed by atoms with Crippen molar-refractivity contribution in [2.45, 2.75) is 30.8 Å². The summed E-state index contributed by atoms with van der Waals surface area (Å²) in [6, 6.07) is 11.3. The first-order valence-corrected chi connectivity index (χ1v) is 10.7. The number of ether oxygens (including phenoxy) is 1. The molecule has 2 aromatic carbocycles. The Labute approximate surface area is 198 Å². The molecule has 0 bridgehead atoms. The van der Waals surface area contributed by atoms with Gasteiger partial charge in [0.25, 0.3) is 0 Å². The van der Waals surface area contributed by atoms with Crippen LogP contribution >= 0.6 is 0 Å². The monoisotopic (exact) mass is 485 g/mol. The fraction of sp³-hybridized carbons (Fsp3) is 0.250. The minimum absolute atomic E-state index is 0.127. The second-order valence-electron chi connectivity index (χ2n) is 7.87. The van der Waals surface area contributed by atoms with E-state index in [4.69, 9.17) is 4.74 Å².